The first kappa shape index (κ1) is 20.9. The lowest BCUT2D eigenvalue weighted by Crippen LogP contribution is -2.23. The minimum atomic E-state index is -0.305. The molecule has 0 bridgehead atoms. The van der Waals surface area contributed by atoms with E-state index in [0.29, 0.717) is 16.6 Å². The van der Waals surface area contributed by atoms with Crippen molar-refractivity contribution in [2.75, 3.05) is 0 Å². The van der Waals surface area contributed by atoms with E-state index < -0.39 is 0 Å². The molecule has 0 radical (unpaired) electrons. The van der Waals surface area contributed by atoms with Crippen LogP contribution >= 0.6 is 11.6 Å². The summed E-state index contributed by atoms with van der Waals surface area (Å²) in [7, 11) is 1.58. The Hall–Kier alpha value is -3.39. The summed E-state index contributed by atoms with van der Waals surface area (Å²) in [6.07, 6.45) is 4.82. The quantitative estimate of drug-likeness (QED) is 0.419. The molecule has 0 spiro atoms. The number of nitrogens with zero attached hydrogens (tertiary/aromatic N) is 6. The van der Waals surface area contributed by atoms with Crippen LogP contribution in [0.1, 0.15) is 30.9 Å². The van der Waals surface area contributed by atoms with Crippen LogP contribution in [-0.2, 0) is 20.1 Å². The number of tetrazole rings is 1. The van der Waals surface area contributed by atoms with Crippen LogP contribution < -0.4 is 10.4 Å². The molecule has 2 aromatic heterocycles. The molecule has 31 heavy (non-hydrogen) atoms. The molecule has 0 aliphatic rings. The van der Waals surface area contributed by atoms with Crippen molar-refractivity contribution in [2.45, 2.75) is 32.8 Å². The van der Waals surface area contributed by atoms with Crippen LogP contribution in [0.15, 0.2) is 59.5 Å². The Morgan fingerprint density at radius 2 is 1.87 bits per heavy atom. The Kier molecular flexibility index (Phi) is 6.18. The molecule has 160 valence electrons. The van der Waals surface area contributed by atoms with Crippen LogP contribution in [0.3, 0.4) is 0 Å². The van der Waals surface area contributed by atoms with Crippen molar-refractivity contribution in [1.29, 1.82) is 0 Å². The normalized spacial score (nSPS) is 11.1. The van der Waals surface area contributed by atoms with Gasteiger partial charge in [0.1, 0.15) is 6.61 Å². The van der Waals surface area contributed by atoms with E-state index in [0.717, 1.165) is 36.1 Å². The number of benzene rings is 2. The summed E-state index contributed by atoms with van der Waals surface area (Å²) >= 11 is 5.96. The largest absolute Gasteiger partial charge is 0.472 e. The van der Waals surface area contributed by atoms with Gasteiger partial charge >= 0.3 is 5.69 Å². The topological polar surface area (TPSA) is 79.8 Å². The van der Waals surface area contributed by atoms with Crippen molar-refractivity contribution in [2.24, 2.45) is 7.05 Å². The van der Waals surface area contributed by atoms with Gasteiger partial charge in [0.15, 0.2) is 0 Å². The van der Waals surface area contributed by atoms with Gasteiger partial charge in [0.25, 0.3) is 0 Å². The fourth-order valence-electron chi connectivity index (χ4n) is 3.32. The Bertz CT molecular complexity index is 1230. The van der Waals surface area contributed by atoms with E-state index in [-0.39, 0.29) is 12.3 Å². The molecule has 0 aliphatic heterocycles. The van der Waals surface area contributed by atoms with E-state index in [1.54, 1.807) is 17.8 Å². The highest BCUT2D eigenvalue weighted by Crippen LogP contribution is 2.22. The van der Waals surface area contributed by atoms with Crippen LogP contribution in [0.25, 0.3) is 11.4 Å². The molecule has 0 unspecified atom stereocenters. The summed E-state index contributed by atoms with van der Waals surface area (Å²) in [6.45, 7) is 2.41. The molecular weight excluding hydrogens is 416 g/mol. The van der Waals surface area contributed by atoms with Gasteiger partial charge in [-0.05, 0) is 59.2 Å². The monoisotopic (exact) mass is 438 g/mol. The lowest BCUT2D eigenvalue weighted by atomic mass is 10.0. The van der Waals surface area contributed by atoms with Crippen LogP contribution in [0.2, 0.25) is 5.02 Å². The van der Waals surface area contributed by atoms with Gasteiger partial charge in [0.05, 0.1) is 11.4 Å². The van der Waals surface area contributed by atoms with Crippen molar-refractivity contribution in [3.8, 4) is 17.3 Å². The van der Waals surface area contributed by atoms with Crippen LogP contribution in [0.4, 0.5) is 0 Å². The van der Waals surface area contributed by atoms with Crippen LogP contribution in [0.5, 0.6) is 5.88 Å². The van der Waals surface area contributed by atoms with Gasteiger partial charge in [0, 0.05) is 29.9 Å². The zero-order valence-electron chi connectivity index (χ0n) is 17.4. The van der Waals surface area contributed by atoms with Crippen molar-refractivity contribution >= 4 is 11.6 Å². The van der Waals surface area contributed by atoms with Crippen LogP contribution in [0, 0.1) is 0 Å². The van der Waals surface area contributed by atoms with E-state index in [2.05, 4.69) is 28.5 Å². The molecule has 0 saturated heterocycles. The highest BCUT2D eigenvalue weighted by Gasteiger charge is 2.15. The zero-order chi connectivity index (χ0) is 21.8. The average Bonchev–Trinajstić information content (AvgIpc) is 3.38. The molecule has 8 nitrogen and oxygen atoms in total. The fourth-order valence-corrected chi connectivity index (χ4v) is 3.45. The van der Waals surface area contributed by atoms with E-state index in [9.17, 15) is 4.79 Å². The van der Waals surface area contributed by atoms with E-state index in [1.807, 2.05) is 42.6 Å². The highest BCUT2D eigenvalue weighted by atomic mass is 35.5. The maximum atomic E-state index is 12.4. The van der Waals surface area contributed by atoms with E-state index in [4.69, 9.17) is 16.3 Å². The van der Waals surface area contributed by atoms with Crippen LogP contribution in [-0.4, -0.2) is 29.6 Å². The van der Waals surface area contributed by atoms with E-state index in [1.165, 1.54) is 9.36 Å². The van der Waals surface area contributed by atoms with Gasteiger partial charge in [-0.2, -0.15) is 9.36 Å². The molecule has 0 fully saturated rings. The highest BCUT2D eigenvalue weighted by molar-refractivity contribution is 6.30. The lowest BCUT2D eigenvalue weighted by molar-refractivity contribution is 0.290. The smallest absolute Gasteiger partial charge is 0.368 e. The second-order valence-electron chi connectivity index (χ2n) is 7.18. The van der Waals surface area contributed by atoms with Gasteiger partial charge in [-0.1, -0.05) is 37.1 Å². The minimum Gasteiger partial charge on any atom is -0.472 e. The molecule has 4 aromatic rings. The molecule has 2 heterocycles. The molecule has 0 saturated carbocycles. The molecule has 4 rings (SSSR count). The Balaban J connectivity index is 1.62. The van der Waals surface area contributed by atoms with Crippen molar-refractivity contribution in [3.63, 3.8) is 0 Å². The molecule has 0 N–H and O–H groups in total. The van der Waals surface area contributed by atoms with Gasteiger partial charge < -0.3 is 4.74 Å². The maximum Gasteiger partial charge on any atom is 0.368 e. The van der Waals surface area contributed by atoms with Gasteiger partial charge in [0.2, 0.25) is 5.88 Å². The second kappa shape index (κ2) is 9.18. The summed E-state index contributed by atoms with van der Waals surface area (Å²) in [5.74, 6) is 0.484. The SMILES string of the molecule is CCCCc1cccc(-n2nnn(C)c2=O)c1COc1ccn(-c2ccc(Cl)cc2)n1. The molecule has 9 heteroatoms. The first-order valence-electron chi connectivity index (χ1n) is 10.1. The number of hydrogen-bond acceptors (Lipinski definition) is 5. The summed E-state index contributed by atoms with van der Waals surface area (Å²) in [5.41, 5.74) is 3.27. The third-order valence-corrected chi connectivity index (χ3v) is 5.27. The number of rotatable bonds is 8. The van der Waals surface area contributed by atoms with Crippen molar-refractivity contribution in [1.82, 2.24) is 29.6 Å². The molecule has 2 aromatic carbocycles. The molecular formula is C22H23ClN6O2. The summed E-state index contributed by atoms with van der Waals surface area (Å²) in [5, 5.41) is 13.0. The molecule has 0 amide bonds. The summed E-state index contributed by atoms with van der Waals surface area (Å²) < 4.78 is 10.3. The lowest BCUT2D eigenvalue weighted by Gasteiger charge is -2.14. The standard InChI is InChI=1S/C22H23ClN6O2/c1-3-4-6-16-7-5-8-20(29-22(30)27(2)25-26-29)19(16)15-31-21-13-14-28(24-21)18-11-9-17(23)10-12-18/h5,7-14H,3-4,6,15H2,1-2H3. The minimum absolute atomic E-state index is 0.260. The summed E-state index contributed by atoms with van der Waals surface area (Å²) in [6, 6.07) is 15.1. The third kappa shape index (κ3) is 4.54. The summed E-state index contributed by atoms with van der Waals surface area (Å²) in [4.78, 5) is 12.4. The predicted molar refractivity (Wildman–Crippen MR) is 118 cm³/mol. The van der Waals surface area contributed by atoms with Gasteiger partial charge in [-0.25, -0.2) is 9.48 Å². The predicted octanol–water partition coefficient (Wildman–Crippen LogP) is 3.73. The third-order valence-electron chi connectivity index (χ3n) is 5.02. The van der Waals surface area contributed by atoms with Gasteiger partial charge in [-0.15, -0.1) is 5.10 Å². The number of unbranched alkanes of at least 4 members (excludes halogenated alkanes) is 1. The number of hydrogen-bond donors (Lipinski definition) is 0. The zero-order valence-corrected chi connectivity index (χ0v) is 18.2. The Morgan fingerprint density at radius 1 is 1.06 bits per heavy atom. The number of aromatic nitrogens is 6. The maximum absolute atomic E-state index is 12.4. The van der Waals surface area contributed by atoms with Crippen molar-refractivity contribution in [3.05, 3.63) is 81.4 Å². The fraction of sp³-hybridized carbons (Fsp3) is 0.273. The average molecular weight is 439 g/mol. The number of halogens is 1. The first-order chi connectivity index (χ1) is 15.1. The first-order valence-corrected chi connectivity index (χ1v) is 10.5. The molecule has 0 aliphatic carbocycles. The number of aryl methyl sites for hydroxylation is 2. The van der Waals surface area contributed by atoms with Gasteiger partial charge in [-0.3, -0.25) is 0 Å². The second-order valence-corrected chi connectivity index (χ2v) is 7.62. The Morgan fingerprint density at radius 3 is 2.58 bits per heavy atom. The van der Waals surface area contributed by atoms with Crippen molar-refractivity contribution < 1.29 is 4.74 Å². The number of ether oxygens (including phenoxy) is 1. The van der Waals surface area contributed by atoms with E-state index >= 15 is 0 Å². The Labute approximate surface area is 184 Å². The molecule has 0 atom stereocenters.